The van der Waals surface area contributed by atoms with Gasteiger partial charge >= 0.3 is 5.97 Å². The van der Waals surface area contributed by atoms with Crippen molar-refractivity contribution >= 4 is 17.8 Å². The molecule has 0 heterocycles. The zero-order chi connectivity index (χ0) is 14.6. The third kappa shape index (κ3) is 5.28. The number of amides is 2. The van der Waals surface area contributed by atoms with Crippen molar-refractivity contribution < 1.29 is 19.5 Å². The summed E-state index contributed by atoms with van der Waals surface area (Å²) in [5, 5.41) is 14.1. The van der Waals surface area contributed by atoms with Crippen LogP contribution in [0.15, 0.2) is 0 Å². The second-order valence-corrected chi connectivity index (χ2v) is 5.98. The number of aliphatic carboxylic acids is 1. The van der Waals surface area contributed by atoms with Crippen LogP contribution in [0.4, 0.5) is 0 Å². The third-order valence-electron chi connectivity index (χ3n) is 2.99. The molecule has 1 rings (SSSR count). The van der Waals surface area contributed by atoms with Gasteiger partial charge in [0.1, 0.15) is 6.04 Å². The number of hydrogen-bond acceptors (Lipinski definition) is 3. The van der Waals surface area contributed by atoms with Crippen LogP contribution in [0.2, 0.25) is 0 Å². The highest BCUT2D eigenvalue weighted by atomic mass is 16.4. The lowest BCUT2D eigenvalue weighted by Gasteiger charge is -2.18. The summed E-state index contributed by atoms with van der Waals surface area (Å²) in [6.07, 6.45) is 1.79. The molecule has 1 aliphatic rings. The molecule has 0 bridgehead atoms. The molecule has 1 aliphatic carbocycles. The molecule has 3 N–H and O–H groups in total. The van der Waals surface area contributed by atoms with Gasteiger partial charge in [-0.3, -0.25) is 9.59 Å². The van der Waals surface area contributed by atoms with E-state index >= 15 is 0 Å². The summed E-state index contributed by atoms with van der Waals surface area (Å²) in [4.78, 5) is 34.1. The van der Waals surface area contributed by atoms with Crippen molar-refractivity contribution in [1.82, 2.24) is 10.6 Å². The molecule has 0 saturated heterocycles. The van der Waals surface area contributed by atoms with Crippen molar-refractivity contribution in [3.8, 4) is 0 Å². The Labute approximate surface area is 112 Å². The van der Waals surface area contributed by atoms with Crippen LogP contribution in [0, 0.1) is 11.3 Å². The average molecular weight is 270 g/mol. The first-order valence-electron chi connectivity index (χ1n) is 6.52. The number of hydrogen-bond donors (Lipinski definition) is 3. The van der Waals surface area contributed by atoms with Gasteiger partial charge in [-0.15, -0.1) is 0 Å². The van der Waals surface area contributed by atoms with E-state index in [1.165, 1.54) is 0 Å². The molecule has 0 radical (unpaired) electrons. The minimum Gasteiger partial charge on any atom is -0.480 e. The summed E-state index contributed by atoms with van der Waals surface area (Å²) < 4.78 is 0. The van der Waals surface area contributed by atoms with Crippen molar-refractivity contribution in [3.63, 3.8) is 0 Å². The topological polar surface area (TPSA) is 95.5 Å². The van der Waals surface area contributed by atoms with E-state index in [9.17, 15) is 14.4 Å². The lowest BCUT2D eigenvalue weighted by atomic mass is 9.96. The summed E-state index contributed by atoms with van der Waals surface area (Å²) >= 11 is 0. The highest BCUT2D eigenvalue weighted by Gasteiger charge is 2.37. The Kier molecular flexibility index (Phi) is 4.91. The van der Waals surface area contributed by atoms with Crippen molar-refractivity contribution in [1.29, 1.82) is 0 Å². The second kappa shape index (κ2) is 6.04. The fraction of sp³-hybridized carbons (Fsp3) is 0.769. The maximum Gasteiger partial charge on any atom is 0.326 e. The van der Waals surface area contributed by atoms with Crippen LogP contribution in [0.1, 0.15) is 40.0 Å². The van der Waals surface area contributed by atoms with Crippen molar-refractivity contribution in [2.75, 3.05) is 6.54 Å². The number of carbonyl (C=O) groups is 3. The van der Waals surface area contributed by atoms with Crippen LogP contribution in [-0.4, -0.2) is 35.5 Å². The van der Waals surface area contributed by atoms with E-state index in [0.717, 1.165) is 12.8 Å². The molecule has 108 valence electrons. The Balaban J connectivity index is 2.28. The molecule has 0 aromatic rings. The summed E-state index contributed by atoms with van der Waals surface area (Å²) in [5.41, 5.74) is -0.492. The van der Waals surface area contributed by atoms with Gasteiger partial charge in [0.15, 0.2) is 0 Å². The van der Waals surface area contributed by atoms with Crippen molar-refractivity contribution in [2.45, 2.75) is 46.1 Å². The molecule has 0 aromatic heterocycles. The molecule has 2 amide bonds. The number of carboxylic acids is 1. The second-order valence-electron chi connectivity index (χ2n) is 5.98. The summed E-state index contributed by atoms with van der Waals surface area (Å²) in [7, 11) is 0. The van der Waals surface area contributed by atoms with E-state index in [1.54, 1.807) is 20.8 Å². The van der Waals surface area contributed by atoms with E-state index in [1.807, 2.05) is 0 Å². The predicted octanol–water partition coefficient (Wildman–Crippen LogP) is 0.518. The molecule has 1 atom stereocenters. The first kappa shape index (κ1) is 15.5. The maximum atomic E-state index is 11.6. The normalized spacial score (nSPS) is 16.6. The molecular weight excluding hydrogens is 248 g/mol. The van der Waals surface area contributed by atoms with Gasteiger partial charge in [-0.25, -0.2) is 4.79 Å². The predicted molar refractivity (Wildman–Crippen MR) is 69.4 cm³/mol. The lowest BCUT2D eigenvalue weighted by molar-refractivity contribution is -0.142. The Morgan fingerprint density at radius 2 is 1.84 bits per heavy atom. The Morgan fingerprint density at radius 1 is 1.26 bits per heavy atom. The van der Waals surface area contributed by atoms with Gasteiger partial charge in [-0.2, -0.15) is 0 Å². The van der Waals surface area contributed by atoms with Crippen molar-refractivity contribution in [2.24, 2.45) is 11.3 Å². The van der Waals surface area contributed by atoms with Gasteiger partial charge < -0.3 is 15.7 Å². The first-order chi connectivity index (χ1) is 8.71. The maximum absolute atomic E-state index is 11.6. The van der Waals surface area contributed by atoms with Gasteiger partial charge in [0.25, 0.3) is 0 Å². The molecule has 6 nitrogen and oxygen atoms in total. The molecular formula is C13H22N2O4. The number of rotatable bonds is 6. The lowest BCUT2D eigenvalue weighted by Crippen LogP contribution is -2.44. The molecule has 1 unspecified atom stereocenters. The Hall–Kier alpha value is -1.59. The van der Waals surface area contributed by atoms with Crippen LogP contribution in [0.5, 0.6) is 0 Å². The van der Waals surface area contributed by atoms with Crippen LogP contribution in [-0.2, 0) is 14.4 Å². The largest absolute Gasteiger partial charge is 0.480 e. The number of carboxylic acid groups (broad SMARTS) is 1. The Bertz CT molecular complexity index is 369. The highest BCUT2D eigenvalue weighted by Crippen LogP contribution is 2.32. The zero-order valence-corrected chi connectivity index (χ0v) is 11.7. The average Bonchev–Trinajstić information content (AvgIpc) is 3.07. The summed E-state index contributed by atoms with van der Waals surface area (Å²) in [6.45, 7) is 5.58. The molecule has 0 spiro atoms. The van der Waals surface area contributed by atoms with Gasteiger partial charge in [0.05, 0.1) is 0 Å². The fourth-order valence-electron chi connectivity index (χ4n) is 1.61. The van der Waals surface area contributed by atoms with Crippen LogP contribution in [0.25, 0.3) is 0 Å². The molecule has 0 aromatic carbocycles. The monoisotopic (exact) mass is 270 g/mol. The SMILES string of the molecule is CC(C)(C)C(=O)NCCC(=O)NC(C(=O)O)C1CC1. The van der Waals surface area contributed by atoms with Gasteiger partial charge in [-0.05, 0) is 18.8 Å². The Morgan fingerprint density at radius 3 is 2.26 bits per heavy atom. The smallest absolute Gasteiger partial charge is 0.326 e. The molecule has 1 saturated carbocycles. The van der Waals surface area contributed by atoms with Crippen LogP contribution >= 0.6 is 0 Å². The third-order valence-corrected chi connectivity index (χ3v) is 2.99. The summed E-state index contributed by atoms with van der Waals surface area (Å²) in [5.74, 6) is -1.40. The standard InChI is InChI=1S/C13H22N2O4/c1-13(2,3)12(19)14-7-6-9(16)15-10(11(17)18)8-4-5-8/h8,10H,4-7H2,1-3H3,(H,14,19)(H,15,16)(H,17,18). The zero-order valence-electron chi connectivity index (χ0n) is 11.7. The highest BCUT2D eigenvalue weighted by molar-refractivity contribution is 5.85. The molecule has 0 aliphatic heterocycles. The van der Waals surface area contributed by atoms with Crippen LogP contribution in [0.3, 0.4) is 0 Å². The van der Waals surface area contributed by atoms with Crippen LogP contribution < -0.4 is 10.6 Å². The fourth-order valence-corrected chi connectivity index (χ4v) is 1.61. The number of carbonyl (C=O) groups excluding carboxylic acids is 2. The van der Waals surface area contributed by atoms with E-state index in [2.05, 4.69) is 10.6 Å². The molecule has 19 heavy (non-hydrogen) atoms. The van der Waals surface area contributed by atoms with Gasteiger partial charge in [-0.1, -0.05) is 20.8 Å². The van der Waals surface area contributed by atoms with E-state index in [-0.39, 0.29) is 30.7 Å². The molecule has 6 heteroatoms. The van der Waals surface area contributed by atoms with E-state index in [0.29, 0.717) is 0 Å². The minimum absolute atomic E-state index is 0.0608. The molecule has 1 fully saturated rings. The van der Waals surface area contributed by atoms with E-state index < -0.39 is 17.4 Å². The summed E-state index contributed by atoms with van der Waals surface area (Å²) in [6, 6.07) is -0.786. The quantitative estimate of drug-likeness (QED) is 0.655. The van der Waals surface area contributed by atoms with E-state index in [4.69, 9.17) is 5.11 Å². The number of nitrogens with one attached hydrogen (secondary N) is 2. The van der Waals surface area contributed by atoms with Crippen molar-refractivity contribution in [3.05, 3.63) is 0 Å². The van der Waals surface area contributed by atoms with Gasteiger partial charge in [0.2, 0.25) is 11.8 Å². The first-order valence-corrected chi connectivity index (χ1v) is 6.52. The van der Waals surface area contributed by atoms with Gasteiger partial charge in [0, 0.05) is 18.4 Å². The minimum atomic E-state index is -0.991.